The van der Waals surface area contributed by atoms with Crippen LogP contribution in [0.4, 0.5) is 0 Å². The van der Waals surface area contributed by atoms with Crippen LogP contribution in [0.25, 0.3) is 0 Å². The predicted molar refractivity (Wildman–Crippen MR) is 158 cm³/mol. The minimum Gasteiger partial charge on any atom is -0.461 e. The number of aryl methyl sites for hydroxylation is 1. The van der Waals surface area contributed by atoms with Crippen molar-refractivity contribution in [2.24, 2.45) is 10.8 Å². The summed E-state index contributed by atoms with van der Waals surface area (Å²) in [5.74, 6) is 1.73. The number of benzene rings is 2. The van der Waals surface area contributed by atoms with Crippen molar-refractivity contribution in [3.8, 4) is 0 Å². The Morgan fingerprint density at radius 3 is 1.68 bits per heavy atom. The van der Waals surface area contributed by atoms with Crippen LogP contribution in [-0.2, 0) is 49.0 Å². The summed E-state index contributed by atoms with van der Waals surface area (Å²) in [5, 5.41) is 0. The van der Waals surface area contributed by atoms with Crippen molar-refractivity contribution in [1.29, 1.82) is 0 Å². The monoisotopic (exact) mass is 560 g/mol. The van der Waals surface area contributed by atoms with Crippen molar-refractivity contribution < 1.29 is 22.7 Å². The Morgan fingerprint density at radius 1 is 0.684 bits per heavy atom. The maximum atomic E-state index is 12.6. The number of carbonyl (C=O) groups is 2. The van der Waals surface area contributed by atoms with E-state index < -0.39 is 21.6 Å². The standard InChI is InChI=1S/C31H44O5S2/c1-30(2,23-28(32)16-15-26-11-7-5-8-12-26)17-19-37(34)21-22-38(35)20-18-31(3,4)24-29(33)36-25-27-13-9-6-10-14-27/h5-14H,15-25H2,1-4H3. The summed E-state index contributed by atoms with van der Waals surface area (Å²) in [6.45, 7) is 8.32. The number of carbonyl (C=O) groups excluding carboxylic acids is 2. The summed E-state index contributed by atoms with van der Waals surface area (Å²) in [5.41, 5.74) is 1.59. The molecule has 0 saturated carbocycles. The first-order chi connectivity index (χ1) is 17.9. The molecule has 0 radical (unpaired) electrons. The van der Waals surface area contributed by atoms with E-state index in [-0.39, 0.29) is 35.6 Å². The first-order valence-electron chi connectivity index (χ1n) is 13.4. The molecular weight excluding hydrogens is 516 g/mol. The van der Waals surface area contributed by atoms with Gasteiger partial charge in [0, 0.05) is 57.5 Å². The fourth-order valence-corrected chi connectivity index (χ4v) is 7.53. The van der Waals surface area contributed by atoms with Crippen LogP contribution >= 0.6 is 0 Å². The largest absolute Gasteiger partial charge is 0.461 e. The predicted octanol–water partition coefficient (Wildman–Crippen LogP) is 6.04. The molecule has 0 aliphatic heterocycles. The van der Waals surface area contributed by atoms with Crippen LogP contribution in [-0.4, -0.2) is 43.2 Å². The van der Waals surface area contributed by atoms with Gasteiger partial charge in [-0.3, -0.25) is 18.0 Å². The van der Waals surface area contributed by atoms with Gasteiger partial charge in [-0.05, 0) is 41.2 Å². The van der Waals surface area contributed by atoms with E-state index in [1.165, 1.54) is 5.56 Å². The van der Waals surface area contributed by atoms with E-state index in [0.29, 0.717) is 48.7 Å². The third kappa shape index (κ3) is 14.1. The summed E-state index contributed by atoms with van der Waals surface area (Å²) in [4.78, 5) is 24.7. The minimum atomic E-state index is -1.09. The molecule has 0 fully saturated rings. The highest BCUT2D eigenvalue weighted by molar-refractivity contribution is 7.88. The first-order valence-corrected chi connectivity index (χ1v) is 16.4. The fourth-order valence-electron chi connectivity index (χ4n) is 4.08. The summed E-state index contributed by atoms with van der Waals surface area (Å²) in [6, 6.07) is 19.6. The van der Waals surface area contributed by atoms with Crippen molar-refractivity contribution in [3.05, 3.63) is 71.8 Å². The zero-order valence-corrected chi connectivity index (χ0v) is 25.0. The van der Waals surface area contributed by atoms with Gasteiger partial charge in [0.25, 0.3) is 0 Å². The molecule has 38 heavy (non-hydrogen) atoms. The molecule has 7 heteroatoms. The van der Waals surface area contributed by atoms with Crippen molar-refractivity contribution in [2.75, 3.05) is 23.0 Å². The molecule has 2 aromatic carbocycles. The molecular formula is C31H44O5S2. The van der Waals surface area contributed by atoms with Crippen LogP contribution in [0.15, 0.2) is 60.7 Å². The molecule has 0 aliphatic carbocycles. The highest BCUT2D eigenvalue weighted by atomic mass is 32.2. The number of ether oxygens (including phenoxy) is 1. The van der Waals surface area contributed by atoms with Gasteiger partial charge in [0.15, 0.2) is 0 Å². The molecule has 0 spiro atoms. The average molecular weight is 561 g/mol. The molecule has 2 atom stereocenters. The Balaban J connectivity index is 1.61. The van der Waals surface area contributed by atoms with Gasteiger partial charge in [0.1, 0.15) is 12.4 Å². The van der Waals surface area contributed by atoms with Gasteiger partial charge in [-0.1, -0.05) is 88.4 Å². The summed E-state index contributed by atoms with van der Waals surface area (Å²) >= 11 is 0. The lowest BCUT2D eigenvalue weighted by Gasteiger charge is -2.24. The van der Waals surface area contributed by atoms with Crippen molar-refractivity contribution in [3.63, 3.8) is 0 Å². The summed E-state index contributed by atoms with van der Waals surface area (Å²) in [6.07, 6.45) is 3.34. The molecule has 0 saturated heterocycles. The lowest BCUT2D eigenvalue weighted by atomic mass is 9.83. The normalized spacial score (nSPS) is 13.6. The quantitative estimate of drug-likeness (QED) is 0.208. The second-order valence-electron chi connectivity index (χ2n) is 11.5. The van der Waals surface area contributed by atoms with Gasteiger partial charge >= 0.3 is 5.97 Å². The van der Waals surface area contributed by atoms with Crippen LogP contribution in [0.3, 0.4) is 0 Å². The van der Waals surface area contributed by atoms with Gasteiger partial charge in [0.2, 0.25) is 0 Å². The Hall–Kier alpha value is -2.12. The smallest absolute Gasteiger partial charge is 0.306 e. The number of hydrogen-bond acceptors (Lipinski definition) is 5. The summed E-state index contributed by atoms with van der Waals surface area (Å²) in [7, 11) is -2.16. The zero-order valence-electron chi connectivity index (χ0n) is 23.4. The maximum absolute atomic E-state index is 12.6. The molecule has 0 amide bonds. The second-order valence-corrected chi connectivity index (χ2v) is 14.9. The third-order valence-corrected chi connectivity index (χ3v) is 9.52. The zero-order chi connectivity index (χ0) is 28.0. The molecule has 2 aromatic rings. The Labute approximate surface area is 234 Å². The molecule has 0 bridgehead atoms. The molecule has 0 aliphatic rings. The maximum Gasteiger partial charge on any atom is 0.306 e. The van der Waals surface area contributed by atoms with E-state index in [1.54, 1.807) is 0 Å². The SMILES string of the molecule is CC(C)(CCS(=O)CCS(=O)CCC(C)(C)CC(=O)OCc1ccccc1)CC(=O)CCc1ccccc1. The van der Waals surface area contributed by atoms with Crippen LogP contribution in [0.5, 0.6) is 0 Å². The lowest BCUT2D eigenvalue weighted by molar-refractivity contribution is -0.147. The van der Waals surface area contributed by atoms with E-state index >= 15 is 0 Å². The number of rotatable bonds is 18. The van der Waals surface area contributed by atoms with Gasteiger partial charge in [-0.2, -0.15) is 0 Å². The van der Waals surface area contributed by atoms with E-state index in [0.717, 1.165) is 12.0 Å². The van der Waals surface area contributed by atoms with E-state index in [2.05, 4.69) is 13.8 Å². The van der Waals surface area contributed by atoms with Gasteiger partial charge < -0.3 is 4.74 Å². The molecule has 2 unspecified atom stereocenters. The molecule has 0 aromatic heterocycles. The number of esters is 1. The Bertz CT molecular complexity index is 963. The molecule has 0 N–H and O–H groups in total. The number of ketones is 1. The van der Waals surface area contributed by atoms with Gasteiger partial charge in [-0.25, -0.2) is 0 Å². The highest BCUT2D eigenvalue weighted by Gasteiger charge is 2.25. The van der Waals surface area contributed by atoms with Gasteiger partial charge in [0.05, 0.1) is 6.42 Å². The average Bonchev–Trinajstić information content (AvgIpc) is 2.88. The van der Waals surface area contributed by atoms with Crippen LogP contribution in [0, 0.1) is 10.8 Å². The van der Waals surface area contributed by atoms with E-state index in [1.807, 2.05) is 74.5 Å². The van der Waals surface area contributed by atoms with Gasteiger partial charge in [-0.15, -0.1) is 0 Å². The highest BCUT2D eigenvalue weighted by Crippen LogP contribution is 2.27. The summed E-state index contributed by atoms with van der Waals surface area (Å²) < 4.78 is 30.5. The van der Waals surface area contributed by atoms with E-state index in [9.17, 15) is 18.0 Å². The second kappa shape index (κ2) is 16.1. The number of hydrogen-bond donors (Lipinski definition) is 0. The van der Waals surface area contributed by atoms with Crippen molar-refractivity contribution in [1.82, 2.24) is 0 Å². The Kier molecular flexibility index (Phi) is 13.6. The van der Waals surface area contributed by atoms with Crippen LogP contribution < -0.4 is 0 Å². The lowest BCUT2D eigenvalue weighted by Crippen LogP contribution is -2.23. The minimum absolute atomic E-state index is 0.207. The van der Waals surface area contributed by atoms with Crippen LogP contribution in [0.2, 0.25) is 0 Å². The van der Waals surface area contributed by atoms with Crippen LogP contribution in [0.1, 0.15) is 70.9 Å². The molecule has 0 heterocycles. The third-order valence-electron chi connectivity index (χ3n) is 6.63. The topological polar surface area (TPSA) is 77.5 Å². The molecule has 210 valence electrons. The van der Waals surface area contributed by atoms with Crippen molar-refractivity contribution >= 4 is 33.4 Å². The van der Waals surface area contributed by atoms with Crippen molar-refractivity contribution in [2.45, 2.75) is 72.8 Å². The van der Waals surface area contributed by atoms with E-state index in [4.69, 9.17) is 4.74 Å². The molecule has 5 nitrogen and oxygen atoms in total. The number of Topliss-reactive ketones (excluding diaryl/α,β-unsaturated/α-hetero) is 1. The fraction of sp³-hybridized carbons (Fsp3) is 0.548. The Morgan fingerprint density at radius 2 is 1.16 bits per heavy atom. The molecule has 2 rings (SSSR count). The first kappa shape index (κ1) is 32.1.